The lowest BCUT2D eigenvalue weighted by atomic mass is 10.0. The smallest absolute Gasteiger partial charge is 0.407 e. The van der Waals surface area contributed by atoms with Gasteiger partial charge in [0.05, 0.1) is 0 Å². The summed E-state index contributed by atoms with van der Waals surface area (Å²) in [6.07, 6.45) is 1.66. The number of amides is 1. The highest BCUT2D eigenvalue weighted by atomic mass is 16.5. The average molecular weight is 293 g/mol. The van der Waals surface area contributed by atoms with Crippen molar-refractivity contribution in [1.82, 2.24) is 10.6 Å². The molecule has 1 atom stereocenters. The summed E-state index contributed by atoms with van der Waals surface area (Å²) < 4.78 is 5.09. The number of nitrogens with two attached hydrogens (primary N) is 1. The van der Waals surface area contributed by atoms with E-state index >= 15 is 0 Å². The van der Waals surface area contributed by atoms with Gasteiger partial charge in [-0.1, -0.05) is 43.2 Å². The van der Waals surface area contributed by atoms with Crippen LogP contribution in [0.2, 0.25) is 0 Å². The van der Waals surface area contributed by atoms with Crippen LogP contribution in [-0.2, 0) is 4.74 Å². The molecule has 1 amide bonds. The lowest BCUT2D eigenvalue weighted by Gasteiger charge is -2.17. The van der Waals surface area contributed by atoms with E-state index in [1.54, 1.807) is 0 Å². The Balaban J connectivity index is 2.25. The van der Waals surface area contributed by atoms with Gasteiger partial charge in [-0.3, -0.25) is 0 Å². The van der Waals surface area contributed by atoms with Crippen molar-refractivity contribution in [1.29, 1.82) is 0 Å². The molecule has 21 heavy (non-hydrogen) atoms. The molecule has 0 fully saturated rings. The predicted molar refractivity (Wildman–Crippen MR) is 85.2 cm³/mol. The largest absolute Gasteiger partial charge is 0.448 e. The van der Waals surface area contributed by atoms with Gasteiger partial charge < -0.3 is 21.1 Å². The first-order valence-electron chi connectivity index (χ1n) is 7.58. The minimum atomic E-state index is -0.356. The van der Waals surface area contributed by atoms with Crippen molar-refractivity contribution in [3.05, 3.63) is 35.4 Å². The van der Waals surface area contributed by atoms with Crippen molar-refractivity contribution < 1.29 is 9.53 Å². The molecule has 5 nitrogen and oxygen atoms in total. The second-order valence-corrected chi connectivity index (χ2v) is 5.07. The Hall–Kier alpha value is -1.59. The van der Waals surface area contributed by atoms with E-state index in [1.807, 2.05) is 6.07 Å². The van der Waals surface area contributed by atoms with E-state index in [1.165, 1.54) is 5.56 Å². The molecule has 0 aliphatic carbocycles. The summed E-state index contributed by atoms with van der Waals surface area (Å²) >= 11 is 0. The number of rotatable bonds is 9. The molecule has 118 valence electrons. The van der Waals surface area contributed by atoms with Crippen molar-refractivity contribution in [3.63, 3.8) is 0 Å². The Morgan fingerprint density at radius 2 is 2.19 bits per heavy atom. The van der Waals surface area contributed by atoms with Gasteiger partial charge in [-0.15, -0.1) is 0 Å². The quantitative estimate of drug-likeness (QED) is 0.610. The number of aryl methyl sites for hydroxylation is 1. The van der Waals surface area contributed by atoms with Crippen molar-refractivity contribution in [3.8, 4) is 0 Å². The van der Waals surface area contributed by atoms with E-state index < -0.39 is 0 Å². The highest BCUT2D eigenvalue weighted by molar-refractivity contribution is 5.66. The summed E-state index contributed by atoms with van der Waals surface area (Å²) in [4.78, 5) is 11.4. The first-order chi connectivity index (χ1) is 10.2. The fraction of sp³-hybridized carbons (Fsp3) is 0.562. The van der Waals surface area contributed by atoms with Crippen LogP contribution in [0.25, 0.3) is 0 Å². The first-order valence-corrected chi connectivity index (χ1v) is 7.58. The number of carbonyl (C=O) groups is 1. The molecule has 0 aliphatic rings. The summed E-state index contributed by atoms with van der Waals surface area (Å²) in [5.74, 6) is 0. The van der Waals surface area contributed by atoms with E-state index in [9.17, 15) is 4.79 Å². The molecule has 0 heterocycles. The van der Waals surface area contributed by atoms with Crippen LogP contribution in [0, 0.1) is 6.92 Å². The summed E-state index contributed by atoms with van der Waals surface area (Å²) in [5, 5.41) is 6.02. The summed E-state index contributed by atoms with van der Waals surface area (Å²) in [6, 6.07) is 8.32. The van der Waals surface area contributed by atoms with Gasteiger partial charge in [0.1, 0.15) is 6.61 Å². The van der Waals surface area contributed by atoms with Gasteiger partial charge in [0.25, 0.3) is 0 Å². The number of hydrogen-bond donors (Lipinski definition) is 3. The fourth-order valence-corrected chi connectivity index (χ4v) is 2.02. The standard InChI is InChI=1S/C16H27N3O2/c1-3-4-8-19-16(20)21-10-9-18-15(12-17)14-7-5-6-13(2)11-14/h5-7,11,15,18H,3-4,8-10,12,17H2,1-2H3,(H,19,20). The molecule has 0 spiro atoms. The van der Waals surface area contributed by atoms with Gasteiger partial charge >= 0.3 is 6.09 Å². The first kappa shape index (κ1) is 17.5. The van der Waals surface area contributed by atoms with E-state index in [4.69, 9.17) is 10.5 Å². The minimum Gasteiger partial charge on any atom is -0.448 e. The maximum Gasteiger partial charge on any atom is 0.407 e. The molecule has 0 saturated carbocycles. The second-order valence-electron chi connectivity index (χ2n) is 5.07. The Labute approximate surface area is 127 Å². The van der Waals surface area contributed by atoms with Crippen molar-refractivity contribution in [2.45, 2.75) is 32.7 Å². The van der Waals surface area contributed by atoms with Gasteiger partial charge in [-0.2, -0.15) is 0 Å². The molecule has 1 aromatic rings. The van der Waals surface area contributed by atoms with Gasteiger partial charge in [0, 0.05) is 25.7 Å². The number of alkyl carbamates (subject to hydrolysis) is 1. The van der Waals surface area contributed by atoms with Crippen LogP contribution < -0.4 is 16.4 Å². The molecule has 5 heteroatoms. The van der Waals surface area contributed by atoms with Gasteiger partial charge in [-0.05, 0) is 18.9 Å². The number of benzene rings is 1. The Bertz CT molecular complexity index is 424. The highest BCUT2D eigenvalue weighted by Gasteiger charge is 2.09. The van der Waals surface area contributed by atoms with E-state index in [-0.39, 0.29) is 12.1 Å². The number of unbranched alkanes of at least 4 members (excludes halogenated alkanes) is 1. The third kappa shape index (κ3) is 7.11. The molecule has 0 aromatic heterocycles. The minimum absolute atomic E-state index is 0.0802. The lowest BCUT2D eigenvalue weighted by molar-refractivity contribution is 0.145. The Morgan fingerprint density at radius 3 is 2.86 bits per heavy atom. The Morgan fingerprint density at radius 1 is 1.38 bits per heavy atom. The lowest BCUT2D eigenvalue weighted by Crippen LogP contribution is -2.33. The molecule has 1 unspecified atom stereocenters. The predicted octanol–water partition coefficient (Wildman–Crippen LogP) is 2.11. The van der Waals surface area contributed by atoms with Crippen LogP contribution in [-0.4, -0.2) is 32.3 Å². The van der Waals surface area contributed by atoms with Gasteiger partial charge in [0.2, 0.25) is 0 Å². The molecule has 4 N–H and O–H groups in total. The maximum absolute atomic E-state index is 11.4. The van der Waals surface area contributed by atoms with Crippen LogP contribution in [0.3, 0.4) is 0 Å². The van der Waals surface area contributed by atoms with E-state index in [2.05, 4.69) is 42.7 Å². The van der Waals surface area contributed by atoms with E-state index in [0.717, 1.165) is 18.4 Å². The van der Waals surface area contributed by atoms with Crippen molar-refractivity contribution >= 4 is 6.09 Å². The fourth-order valence-electron chi connectivity index (χ4n) is 2.02. The number of ether oxygens (including phenoxy) is 1. The van der Waals surface area contributed by atoms with Crippen LogP contribution in [0.15, 0.2) is 24.3 Å². The normalized spacial score (nSPS) is 12.0. The average Bonchev–Trinajstić information content (AvgIpc) is 2.47. The van der Waals surface area contributed by atoms with Crippen molar-refractivity contribution in [2.24, 2.45) is 5.73 Å². The molecular formula is C16H27N3O2. The van der Waals surface area contributed by atoms with Crippen molar-refractivity contribution in [2.75, 3.05) is 26.2 Å². The third-order valence-corrected chi connectivity index (χ3v) is 3.21. The van der Waals surface area contributed by atoms with Gasteiger partial charge in [0.15, 0.2) is 0 Å². The molecule has 1 rings (SSSR count). The van der Waals surface area contributed by atoms with E-state index in [0.29, 0.717) is 26.2 Å². The number of nitrogens with one attached hydrogen (secondary N) is 2. The summed E-state index contributed by atoms with van der Waals surface area (Å²) in [6.45, 7) is 6.22. The molecule has 1 aromatic carbocycles. The monoisotopic (exact) mass is 293 g/mol. The molecule has 0 bridgehead atoms. The second kappa shape index (κ2) is 10.2. The molecule has 0 radical (unpaired) electrons. The van der Waals surface area contributed by atoms with Crippen LogP contribution in [0.4, 0.5) is 4.79 Å². The zero-order valence-corrected chi connectivity index (χ0v) is 13.0. The summed E-state index contributed by atoms with van der Waals surface area (Å²) in [5.41, 5.74) is 8.16. The third-order valence-electron chi connectivity index (χ3n) is 3.21. The van der Waals surface area contributed by atoms with Crippen LogP contribution in [0.1, 0.15) is 36.9 Å². The Kier molecular flexibility index (Phi) is 8.47. The molecular weight excluding hydrogens is 266 g/mol. The SMILES string of the molecule is CCCCNC(=O)OCCNC(CN)c1cccc(C)c1. The van der Waals surface area contributed by atoms with Crippen LogP contribution in [0.5, 0.6) is 0 Å². The molecule has 0 aliphatic heterocycles. The number of carbonyl (C=O) groups excluding carboxylic acids is 1. The van der Waals surface area contributed by atoms with Crippen LogP contribution >= 0.6 is 0 Å². The maximum atomic E-state index is 11.4. The number of hydrogen-bond acceptors (Lipinski definition) is 4. The zero-order chi connectivity index (χ0) is 15.5. The summed E-state index contributed by atoms with van der Waals surface area (Å²) in [7, 11) is 0. The molecule has 0 saturated heterocycles. The zero-order valence-electron chi connectivity index (χ0n) is 13.0. The highest BCUT2D eigenvalue weighted by Crippen LogP contribution is 2.12. The topological polar surface area (TPSA) is 76.4 Å². The van der Waals surface area contributed by atoms with Gasteiger partial charge in [-0.25, -0.2) is 4.79 Å².